The predicted molar refractivity (Wildman–Crippen MR) is 106 cm³/mol. The molecule has 0 spiro atoms. The van der Waals surface area contributed by atoms with E-state index < -0.39 is 18.0 Å². The number of aromatic nitrogens is 1. The van der Waals surface area contributed by atoms with Gasteiger partial charge in [-0.3, -0.25) is 14.6 Å². The van der Waals surface area contributed by atoms with Gasteiger partial charge in [-0.05, 0) is 30.7 Å². The fourth-order valence-electron chi connectivity index (χ4n) is 2.59. The van der Waals surface area contributed by atoms with E-state index in [1.165, 1.54) is 6.92 Å². The fraction of sp³-hybridized carbons (Fsp3) is 0.150. The molecule has 1 N–H and O–H groups in total. The highest BCUT2D eigenvalue weighted by Gasteiger charge is 2.20. The highest BCUT2D eigenvalue weighted by atomic mass is 35.5. The number of fused-ring (bicyclic) bond motifs is 1. The van der Waals surface area contributed by atoms with Gasteiger partial charge in [0.1, 0.15) is 0 Å². The third-order valence-electron chi connectivity index (χ3n) is 3.94. The van der Waals surface area contributed by atoms with Gasteiger partial charge < -0.3 is 10.1 Å². The summed E-state index contributed by atoms with van der Waals surface area (Å²) in [5, 5.41) is 4.09. The van der Waals surface area contributed by atoms with Gasteiger partial charge in [-0.1, -0.05) is 53.5 Å². The molecular formula is C20H16Cl2N2O3. The van der Waals surface area contributed by atoms with Gasteiger partial charge >= 0.3 is 5.97 Å². The molecule has 2 aromatic carbocycles. The number of nitrogens with zero attached hydrogens (tertiary/aromatic N) is 1. The molecule has 0 saturated carbocycles. The normalized spacial score (nSPS) is 11.8. The van der Waals surface area contributed by atoms with Gasteiger partial charge in [0.15, 0.2) is 6.10 Å². The average Bonchev–Trinajstić information content (AvgIpc) is 2.65. The molecule has 0 aliphatic carbocycles. The predicted octanol–water partition coefficient (Wildman–Crippen LogP) is 4.65. The quantitative estimate of drug-likeness (QED) is 0.630. The number of pyridine rings is 1. The molecule has 1 heterocycles. The number of ether oxygens (including phenoxy) is 1. The third-order valence-corrected chi connectivity index (χ3v) is 4.76. The molecule has 0 fully saturated rings. The summed E-state index contributed by atoms with van der Waals surface area (Å²) in [5.74, 6) is -1.02. The summed E-state index contributed by atoms with van der Waals surface area (Å²) in [6, 6.07) is 14.2. The maximum Gasteiger partial charge on any atom is 0.311 e. The largest absolute Gasteiger partial charge is 0.452 e. The van der Waals surface area contributed by atoms with Crippen molar-refractivity contribution in [2.75, 3.05) is 5.32 Å². The van der Waals surface area contributed by atoms with Crippen molar-refractivity contribution in [1.82, 2.24) is 4.98 Å². The van der Waals surface area contributed by atoms with Gasteiger partial charge in [-0.25, -0.2) is 0 Å². The molecular weight excluding hydrogens is 387 g/mol. The Bertz CT molecular complexity index is 1000. The van der Waals surface area contributed by atoms with Gasteiger partial charge in [-0.2, -0.15) is 0 Å². The minimum absolute atomic E-state index is 0.0178. The topological polar surface area (TPSA) is 68.3 Å². The molecule has 1 atom stereocenters. The van der Waals surface area contributed by atoms with Crippen molar-refractivity contribution in [2.45, 2.75) is 19.4 Å². The number of hydrogen-bond acceptors (Lipinski definition) is 4. The summed E-state index contributed by atoms with van der Waals surface area (Å²) < 4.78 is 5.25. The van der Waals surface area contributed by atoms with Crippen LogP contribution in [0.5, 0.6) is 0 Å². The van der Waals surface area contributed by atoms with Crippen molar-refractivity contribution in [3.8, 4) is 0 Å². The molecule has 5 nitrogen and oxygen atoms in total. The van der Waals surface area contributed by atoms with Crippen LogP contribution in [0.4, 0.5) is 5.69 Å². The second-order valence-corrected chi connectivity index (χ2v) is 6.68. The second-order valence-electron chi connectivity index (χ2n) is 5.89. The van der Waals surface area contributed by atoms with Crippen molar-refractivity contribution in [1.29, 1.82) is 0 Å². The summed E-state index contributed by atoms with van der Waals surface area (Å²) in [4.78, 5) is 28.8. The fourth-order valence-corrected chi connectivity index (χ4v) is 2.94. The Morgan fingerprint density at radius 3 is 2.67 bits per heavy atom. The number of nitrogens with one attached hydrogen (secondary N) is 1. The van der Waals surface area contributed by atoms with Crippen LogP contribution in [0.1, 0.15) is 12.5 Å². The third kappa shape index (κ3) is 4.56. The van der Waals surface area contributed by atoms with Crippen LogP contribution in [0.25, 0.3) is 10.9 Å². The Kier molecular flexibility index (Phi) is 5.94. The first-order valence-corrected chi connectivity index (χ1v) is 8.98. The number of esters is 1. The molecule has 0 bridgehead atoms. The molecule has 1 unspecified atom stereocenters. The van der Waals surface area contributed by atoms with Crippen LogP contribution in [0, 0.1) is 0 Å². The van der Waals surface area contributed by atoms with E-state index in [1.54, 1.807) is 24.4 Å². The monoisotopic (exact) mass is 402 g/mol. The zero-order valence-corrected chi connectivity index (χ0v) is 15.9. The number of rotatable bonds is 5. The zero-order valence-electron chi connectivity index (χ0n) is 14.4. The number of halogens is 2. The van der Waals surface area contributed by atoms with Crippen LogP contribution in [0.2, 0.25) is 10.0 Å². The molecule has 138 valence electrons. The van der Waals surface area contributed by atoms with Crippen molar-refractivity contribution in [2.24, 2.45) is 0 Å². The number of anilines is 1. The van der Waals surface area contributed by atoms with Crippen LogP contribution >= 0.6 is 23.2 Å². The van der Waals surface area contributed by atoms with Crippen LogP contribution in [-0.2, 0) is 20.7 Å². The van der Waals surface area contributed by atoms with E-state index in [4.69, 9.17) is 27.9 Å². The highest BCUT2D eigenvalue weighted by Crippen LogP contribution is 2.29. The van der Waals surface area contributed by atoms with Gasteiger partial charge in [0.2, 0.25) is 0 Å². The zero-order chi connectivity index (χ0) is 19.4. The van der Waals surface area contributed by atoms with Gasteiger partial charge in [0.05, 0.1) is 27.7 Å². The Morgan fingerprint density at radius 1 is 1.11 bits per heavy atom. The second kappa shape index (κ2) is 8.37. The number of benzene rings is 2. The maximum absolute atomic E-state index is 12.3. The lowest BCUT2D eigenvalue weighted by Gasteiger charge is -2.15. The lowest BCUT2D eigenvalue weighted by atomic mass is 10.1. The van der Waals surface area contributed by atoms with Gasteiger partial charge in [-0.15, -0.1) is 0 Å². The standard InChI is InChI=1S/C20H16Cl2N2O3/c1-12(20(26)24-16-9-3-8-15(21)18(16)22)27-17(25)11-14-6-2-5-13-7-4-10-23-19(13)14/h2-10,12H,11H2,1H3,(H,24,26). The van der Waals surface area contributed by atoms with E-state index >= 15 is 0 Å². The summed E-state index contributed by atoms with van der Waals surface area (Å²) >= 11 is 12.0. The number of amides is 1. The molecule has 3 rings (SSSR count). The van der Waals surface area contributed by atoms with E-state index in [0.717, 1.165) is 16.5 Å². The van der Waals surface area contributed by atoms with Gasteiger partial charge in [0, 0.05) is 11.6 Å². The summed E-state index contributed by atoms with van der Waals surface area (Å²) in [7, 11) is 0. The highest BCUT2D eigenvalue weighted by molar-refractivity contribution is 6.44. The molecule has 0 aliphatic heterocycles. The number of hydrogen-bond donors (Lipinski definition) is 1. The number of carbonyl (C=O) groups is 2. The maximum atomic E-state index is 12.3. The van der Waals surface area contributed by atoms with E-state index in [2.05, 4.69) is 10.3 Å². The first-order valence-electron chi connectivity index (χ1n) is 8.22. The molecule has 0 radical (unpaired) electrons. The minimum atomic E-state index is -0.990. The van der Waals surface area contributed by atoms with Crippen molar-refractivity contribution < 1.29 is 14.3 Å². The molecule has 0 saturated heterocycles. The Morgan fingerprint density at radius 2 is 1.85 bits per heavy atom. The molecule has 7 heteroatoms. The smallest absolute Gasteiger partial charge is 0.311 e. The van der Waals surface area contributed by atoms with Gasteiger partial charge in [0.25, 0.3) is 5.91 Å². The number of para-hydroxylation sites is 1. The Balaban J connectivity index is 1.64. The van der Waals surface area contributed by atoms with E-state index in [0.29, 0.717) is 10.7 Å². The molecule has 1 amide bonds. The van der Waals surface area contributed by atoms with Crippen molar-refractivity contribution in [3.63, 3.8) is 0 Å². The summed E-state index contributed by atoms with van der Waals surface area (Å²) in [6.45, 7) is 1.49. The van der Waals surface area contributed by atoms with E-state index in [-0.39, 0.29) is 11.4 Å². The molecule has 1 aromatic heterocycles. The average molecular weight is 403 g/mol. The summed E-state index contributed by atoms with van der Waals surface area (Å²) in [6.07, 6.45) is 0.696. The Labute approximate surface area is 166 Å². The van der Waals surface area contributed by atoms with Crippen molar-refractivity contribution >= 4 is 51.7 Å². The van der Waals surface area contributed by atoms with E-state index in [9.17, 15) is 9.59 Å². The Hall–Kier alpha value is -2.63. The number of carbonyl (C=O) groups excluding carboxylic acids is 2. The molecule has 3 aromatic rings. The van der Waals surface area contributed by atoms with E-state index in [1.807, 2.05) is 30.3 Å². The van der Waals surface area contributed by atoms with Crippen LogP contribution < -0.4 is 5.32 Å². The molecule has 27 heavy (non-hydrogen) atoms. The lowest BCUT2D eigenvalue weighted by molar-refractivity contribution is -0.152. The molecule has 0 aliphatic rings. The van der Waals surface area contributed by atoms with Crippen LogP contribution in [0.15, 0.2) is 54.7 Å². The minimum Gasteiger partial charge on any atom is -0.452 e. The first kappa shape index (κ1) is 19.1. The van der Waals surface area contributed by atoms with Crippen molar-refractivity contribution in [3.05, 3.63) is 70.3 Å². The summed E-state index contributed by atoms with van der Waals surface area (Å²) in [5.41, 5.74) is 1.83. The first-order chi connectivity index (χ1) is 13.0. The van der Waals surface area contributed by atoms with Crippen LogP contribution in [0.3, 0.4) is 0 Å². The van der Waals surface area contributed by atoms with Crippen LogP contribution in [-0.4, -0.2) is 23.0 Å². The lowest BCUT2D eigenvalue weighted by Crippen LogP contribution is -2.30. The SMILES string of the molecule is CC(OC(=O)Cc1cccc2cccnc12)C(=O)Nc1cccc(Cl)c1Cl.